The zero-order valence-corrected chi connectivity index (χ0v) is 18.5. The highest BCUT2D eigenvalue weighted by Crippen LogP contribution is 2.37. The number of rotatable bonds is 5. The van der Waals surface area contributed by atoms with Crippen LogP contribution in [0.15, 0.2) is 23.1 Å². The van der Waals surface area contributed by atoms with Crippen molar-refractivity contribution in [2.24, 2.45) is 0 Å². The Morgan fingerprint density at radius 1 is 1.30 bits per heavy atom. The van der Waals surface area contributed by atoms with Gasteiger partial charge < -0.3 is 19.2 Å². The Bertz CT molecular complexity index is 1470. The molecule has 3 aromatic heterocycles. The van der Waals surface area contributed by atoms with Crippen LogP contribution < -0.4 is 10.5 Å². The van der Waals surface area contributed by atoms with Crippen molar-refractivity contribution in [3.63, 3.8) is 0 Å². The van der Waals surface area contributed by atoms with E-state index in [4.69, 9.17) is 4.74 Å². The Labute approximate surface area is 184 Å². The third kappa shape index (κ3) is 3.93. The fourth-order valence-corrected chi connectivity index (χ4v) is 4.17. The van der Waals surface area contributed by atoms with E-state index in [9.17, 15) is 27.8 Å². The van der Waals surface area contributed by atoms with Gasteiger partial charge in [-0.05, 0) is 26.0 Å². The first-order valence-electron chi connectivity index (χ1n) is 9.80. The van der Waals surface area contributed by atoms with Crippen molar-refractivity contribution >= 4 is 30.2 Å². The molecule has 0 aliphatic heterocycles. The first kappa shape index (κ1) is 23.1. The molecule has 33 heavy (non-hydrogen) atoms. The fraction of sp³-hybridized carbons (Fsp3) is 0.316. The number of imidazole rings is 1. The number of H-pyrrole nitrogens is 1. The molecule has 0 aliphatic rings. The van der Waals surface area contributed by atoms with Crippen molar-refractivity contribution in [3.8, 4) is 5.69 Å². The summed E-state index contributed by atoms with van der Waals surface area (Å²) >= 11 is 0. The molecule has 174 valence electrons. The number of aryl methyl sites for hydroxylation is 2. The van der Waals surface area contributed by atoms with Gasteiger partial charge in [0.2, 0.25) is 11.5 Å². The zero-order valence-electron chi connectivity index (χ0n) is 17.6. The maximum atomic E-state index is 14.0. The molecular weight excluding hydrogens is 464 g/mol. The lowest BCUT2D eigenvalue weighted by Gasteiger charge is -2.17. The van der Waals surface area contributed by atoms with Gasteiger partial charge in [0, 0.05) is 12.6 Å². The Morgan fingerprint density at radius 2 is 2.03 bits per heavy atom. The topological polar surface area (TPSA) is 133 Å². The fourth-order valence-electron chi connectivity index (χ4n) is 3.61. The number of alkyl halides is 3. The molecule has 3 heterocycles. The number of nitrogens with zero attached hydrogens (tertiary/aromatic N) is 5. The average Bonchev–Trinajstić information content (AvgIpc) is 3.34. The summed E-state index contributed by atoms with van der Waals surface area (Å²) in [6, 6.07) is 2.02. The summed E-state index contributed by atoms with van der Waals surface area (Å²) in [6.45, 7) is 5.03. The molecule has 0 fully saturated rings. The summed E-state index contributed by atoms with van der Waals surface area (Å²) in [5.74, 6) is 0.150. The Kier molecular flexibility index (Phi) is 5.83. The summed E-state index contributed by atoms with van der Waals surface area (Å²) in [5, 5.41) is 7.56. The first-order chi connectivity index (χ1) is 15.6. The van der Waals surface area contributed by atoms with Crippen LogP contribution in [0.4, 0.5) is 13.2 Å². The van der Waals surface area contributed by atoms with E-state index in [1.54, 1.807) is 20.8 Å². The lowest BCUT2D eigenvalue weighted by atomic mass is 10.1. The second kappa shape index (κ2) is 8.34. The summed E-state index contributed by atoms with van der Waals surface area (Å²) in [6.07, 6.45) is -2.89. The maximum Gasteiger partial charge on any atom is 0.418 e. The number of hydrogen-bond acceptors (Lipinski definition) is 7. The number of hydrogen-bond donors (Lipinski definition) is 2. The molecular formula is C19H18F3N6O4P. The molecule has 0 bridgehead atoms. The Hall–Kier alpha value is -3.12. The third-order valence-electron chi connectivity index (χ3n) is 4.90. The van der Waals surface area contributed by atoms with Crippen LogP contribution in [0.1, 0.15) is 36.8 Å². The predicted octanol–water partition coefficient (Wildman–Crippen LogP) is 1.83. The van der Waals surface area contributed by atoms with Gasteiger partial charge in [-0.1, -0.05) is 6.92 Å². The SMILES string of the molecule is CCO/C(c1nnc2c(=O)[nH]c3cc(C(F)(F)F)c(-n4cc(C)nc4CC)cc3n12)=[P+](/[O-])O. The summed E-state index contributed by atoms with van der Waals surface area (Å²) in [4.78, 5) is 40.7. The highest BCUT2D eigenvalue weighted by molar-refractivity contribution is 7.45. The summed E-state index contributed by atoms with van der Waals surface area (Å²) in [5.41, 5.74) is -2.31. The molecule has 0 saturated carbocycles. The van der Waals surface area contributed by atoms with Gasteiger partial charge in [0.15, 0.2) is 0 Å². The van der Waals surface area contributed by atoms with Crippen LogP contribution in [-0.4, -0.2) is 46.1 Å². The largest absolute Gasteiger partial charge is 0.601 e. The van der Waals surface area contributed by atoms with Crippen molar-refractivity contribution < 1.29 is 27.7 Å². The summed E-state index contributed by atoms with van der Waals surface area (Å²) < 4.78 is 49.7. The lowest BCUT2D eigenvalue weighted by Crippen LogP contribution is -2.18. The molecule has 0 spiro atoms. The molecule has 4 rings (SSSR count). The van der Waals surface area contributed by atoms with E-state index in [0.29, 0.717) is 17.9 Å². The molecule has 0 saturated heterocycles. The molecule has 0 aliphatic carbocycles. The molecule has 14 heteroatoms. The van der Waals surface area contributed by atoms with Crippen LogP contribution in [0, 0.1) is 6.92 Å². The van der Waals surface area contributed by atoms with Crippen molar-refractivity contribution in [2.45, 2.75) is 33.4 Å². The Morgan fingerprint density at radius 3 is 2.64 bits per heavy atom. The van der Waals surface area contributed by atoms with E-state index in [-0.39, 0.29) is 34.8 Å². The van der Waals surface area contributed by atoms with Crippen LogP contribution in [-0.2, 0) is 17.3 Å². The number of ether oxygens (including phenoxy) is 1. The van der Waals surface area contributed by atoms with Crippen LogP contribution in [0.3, 0.4) is 0 Å². The maximum absolute atomic E-state index is 14.0. The second-order valence-corrected chi connectivity index (χ2v) is 8.01. The molecule has 2 N–H and O–H groups in total. The highest BCUT2D eigenvalue weighted by atomic mass is 31.1. The van der Waals surface area contributed by atoms with E-state index < -0.39 is 30.8 Å². The van der Waals surface area contributed by atoms with Gasteiger partial charge in [0.05, 0.1) is 34.6 Å². The third-order valence-corrected chi connectivity index (χ3v) is 5.57. The van der Waals surface area contributed by atoms with Crippen LogP contribution in [0.25, 0.3) is 22.4 Å². The number of benzene rings is 1. The smallest absolute Gasteiger partial charge is 0.418 e. The van der Waals surface area contributed by atoms with Crippen molar-refractivity contribution in [1.29, 1.82) is 0 Å². The molecule has 1 atom stereocenters. The molecule has 1 unspecified atom stereocenters. The zero-order chi connectivity index (χ0) is 24.1. The van der Waals surface area contributed by atoms with Crippen LogP contribution in [0.2, 0.25) is 0 Å². The van der Waals surface area contributed by atoms with Gasteiger partial charge in [-0.25, -0.2) is 4.98 Å². The van der Waals surface area contributed by atoms with Gasteiger partial charge in [-0.15, -0.1) is 10.2 Å². The number of halogens is 3. The minimum absolute atomic E-state index is 0.0185. The summed E-state index contributed by atoms with van der Waals surface area (Å²) in [7, 11) is -3.03. The lowest BCUT2D eigenvalue weighted by molar-refractivity contribution is -0.168. The predicted molar refractivity (Wildman–Crippen MR) is 112 cm³/mol. The van der Waals surface area contributed by atoms with Crippen LogP contribution in [0.5, 0.6) is 0 Å². The van der Waals surface area contributed by atoms with E-state index in [1.807, 2.05) is 0 Å². The normalized spacial score (nSPS) is 13.2. The number of fused-ring (bicyclic) bond motifs is 3. The van der Waals surface area contributed by atoms with Gasteiger partial charge >= 0.3 is 11.7 Å². The standard InChI is InChI=1S/C19H18F3N6O4P/c1-4-14-23-9(3)8-27(14)12-7-13-11(6-10(12)19(20,21)22)24-17(29)15-25-26-16(28(13)15)18(32-5-2)33(30)31/h6-8H,4-5H2,1-3H3,(H,24,29)(H,30,31). The molecule has 1 aromatic carbocycles. The average molecular weight is 482 g/mol. The minimum Gasteiger partial charge on any atom is -0.601 e. The number of aromatic nitrogens is 6. The Balaban J connectivity index is 2.18. The second-order valence-electron chi connectivity index (χ2n) is 7.05. The van der Waals surface area contributed by atoms with Crippen molar-refractivity contribution in [2.75, 3.05) is 6.61 Å². The van der Waals surface area contributed by atoms with Gasteiger partial charge in [0.25, 0.3) is 13.6 Å². The van der Waals surface area contributed by atoms with E-state index >= 15 is 0 Å². The quantitative estimate of drug-likeness (QED) is 0.415. The van der Waals surface area contributed by atoms with E-state index in [0.717, 1.165) is 10.5 Å². The van der Waals surface area contributed by atoms with E-state index in [1.165, 1.54) is 16.8 Å². The number of nitrogens with one attached hydrogen (secondary N) is 1. The van der Waals surface area contributed by atoms with Crippen LogP contribution >= 0.6 is 8.00 Å². The monoisotopic (exact) mass is 482 g/mol. The van der Waals surface area contributed by atoms with Gasteiger partial charge in [-0.2, -0.15) is 18.1 Å². The highest BCUT2D eigenvalue weighted by Gasteiger charge is 2.36. The first-order valence-corrected chi connectivity index (χ1v) is 11.0. The molecule has 4 aromatic rings. The van der Waals surface area contributed by atoms with Crippen molar-refractivity contribution in [1.82, 2.24) is 29.1 Å². The van der Waals surface area contributed by atoms with Gasteiger partial charge in [-0.3, -0.25) is 9.20 Å². The number of aromatic amines is 1. The molecule has 10 nitrogen and oxygen atoms in total. The molecule has 0 amide bonds. The molecule has 0 radical (unpaired) electrons. The van der Waals surface area contributed by atoms with Crippen molar-refractivity contribution in [3.05, 3.63) is 51.6 Å². The van der Waals surface area contributed by atoms with E-state index in [2.05, 4.69) is 20.2 Å². The van der Waals surface area contributed by atoms with Gasteiger partial charge in [0.1, 0.15) is 5.82 Å². The minimum atomic E-state index is -4.74.